The van der Waals surface area contributed by atoms with E-state index >= 15 is 0 Å². The van der Waals surface area contributed by atoms with Crippen LogP contribution in [0.3, 0.4) is 0 Å². The number of piperidine rings is 1. The number of carbonyl (C=O) groups is 2. The van der Waals surface area contributed by atoms with E-state index in [0.717, 1.165) is 55.8 Å². The van der Waals surface area contributed by atoms with Gasteiger partial charge in [-0.1, -0.05) is 19.8 Å². The van der Waals surface area contributed by atoms with Crippen LogP contribution in [-0.4, -0.2) is 61.8 Å². The first-order valence-electron chi connectivity index (χ1n) is 12.7. The van der Waals surface area contributed by atoms with Gasteiger partial charge in [0.1, 0.15) is 0 Å². The molecule has 1 unspecified atom stereocenters. The van der Waals surface area contributed by atoms with E-state index < -0.39 is 23.9 Å². The summed E-state index contributed by atoms with van der Waals surface area (Å²) >= 11 is 0. The normalized spacial score (nSPS) is 20.6. The summed E-state index contributed by atoms with van der Waals surface area (Å²) in [6.45, 7) is 7.05. The van der Waals surface area contributed by atoms with Crippen molar-refractivity contribution in [3.05, 3.63) is 22.6 Å². The van der Waals surface area contributed by atoms with Crippen molar-refractivity contribution in [3.63, 3.8) is 0 Å². The summed E-state index contributed by atoms with van der Waals surface area (Å²) in [5.41, 5.74) is 5.49. The minimum absolute atomic E-state index is 0.00788. The van der Waals surface area contributed by atoms with Crippen molar-refractivity contribution >= 4 is 28.9 Å². The molecule has 36 heavy (non-hydrogen) atoms. The van der Waals surface area contributed by atoms with Crippen LogP contribution < -0.4 is 21.0 Å². The van der Waals surface area contributed by atoms with Crippen LogP contribution in [0.4, 0.5) is 5.82 Å². The van der Waals surface area contributed by atoms with Gasteiger partial charge in [0.05, 0.1) is 6.10 Å². The lowest BCUT2D eigenvalue weighted by Gasteiger charge is -2.26. The Morgan fingerprint density at radius 1 is 1.11 bits per heavy atom. The second-order valence-electron chi connectivity index (χ2n) is 9.26. The molecule has 2 aromatic heterocycles. The van der Waals surface area contributed by atoms with Gasteiger partial charge in [0.25, 0.3) is 0 Å². The Hall–Kier alpha value is -3.41. The number of hydrogen-bond acceptors (Lipinski definition) is 10. The highest BCUT2D eigenvalue weighted by atomic mass is 16.7. The molecule has 2 aliphatic heterocycles. The smallest absolute Gasteiger partial charge is 0.367 e. The van der Waals surface area contributed by atoms with Gasteiger partial charge in [-0.2, -0.15) is 9.97 Å². The quantitative estimate of drug-likeness (QED) is 0.399. The van der Waals surface area contributed by atoms with Gasteiger partial charge < -0.3 is 24.9 Å². The number of unbranched alkanes of at least 4 members (excludes halogenated alkanes) is 1. The number of imidazole rings is 1. The molecule has 1 fully saturated rings. The minimum Gasteiger partial charge on any atom is -0.460 e. The number of ether oxygens (including phenoxy) is 2. The van der Waals surface area contributed by atoms with Crippen molar-refractivity contribution in [1.29, 1.82) is 0 Å². The van der Waals surface area contributed by atoms with E-state index in [-0.39, 0.29) is 29.1 Å². The van der Waals surface area contributed by atoms with Gasteiger partial charge in [0, 0.05) is 18.6 Å². The van der Waals surface area contributed by atoms with Gasteiger partial charge in [-0.05, 0) is 58.7 Å². The Balaban J connectivity index is 1.68. The summed E-state index contributed by atoms with van der Waals surface area (Å²) in [6.07, 6.45) is 8.03. The third kappa shape index (κ3) is 5.86. The number of hydrogen-bond donors (Lipinski definition) is 1. The minimum atomic E-state index is -0.980. The number of fused-ring (bicyclic) bond motifs is 5. The third-order valence-electron chi connectivity index (χ3n) is 6.39. The van der Waals surface area contributed by atoms with Gasteiger partial charge in [0.2, 0.25) is 0 Å². The number of rotatable bonds is 9. The lowest BCUT2D eigenvalue weighted by molar-refractivity contribution is -0.150. The molecule has 12 heteroatoms. The van der Waals surface area contributed by atoms with Crippen LogP contribution >= 0.6 is 0 Å². The molecule has 2 aliphatic rings. The molecule has 0 aromatic carbocycles. The van der Waals surface area contributed by atoms with Crippen LogP contribution in [-0.2, 0) is 14.3 Å². The highest BCUT2D eigenvalue weighted by Gasteiger charge is 2.29. The molecule has 12 nitrogen and oxygen atoms in total. The van der Waals surface area contributed by atoms with Crippen LogP contribution in [0.1, 0.15) is 71.4 Å². The number of cyclic esters (lactones) is 1. The summed E-state index contributed by atoms with van der Waals surface area (Å²) in [6, 6.07) is -0.0126. The molecule has 1 saturated heterocycles. The molecule has 4 rings (SSSR count). The first-order valence-corrected chi connectivity index (χ1v) is 12.7. The van der Waals surface area contributed by atoms with Crippen molar-refractivity contribution in [2.24, 2.45) is 0 Å². The van der Waals surface area contributed by atoms with E-state index in [1.165, 1.54) is 23.8 Å². The average Bonchev–Trinajstić information content (AvgIpc) is 3.10. The largest absolute Gasteiger partial charge is 0.460 e. The zero-order valence-corrected chi connectivity index (χ0v) is 20.9. The Labute approximate surface area is 209 Å². The topological polar surface area (TPSA) is 144 Å². The van der Waals surface area contributed by atoms with Crippen LogP contribution in [0.25, 0.3) is 11.2 Å². The van der Waals surface area contributed by atoms with Crippen LogP contribution in [0.2, 0.25) is 0 Å². The van der Waals surface area contributed by atoms with E-state index in [4.69, 9.17) is 20.0 Å². The summed E-state index contributed by atoms with van der Waals surface area (Å²) in [4.78, 5) is 54.2. The van der Waals surface area contributed by atoms with Crippen molar-refractivity contribution in [2.45, 2.75) is 77.5 Å². The fraction of sp³-hybridized carbons (Fsp3) is 0.625. The fourth-order valence-corrected chi connectivity index (χ4v) is 4.64. The van der Waals surface area contributed by atoms with E-state index in [1.807, 2.05) is 13.8 Å². The molecular formula is C24H34N6O6. The van der Waals surface area contributed by atoms with Crippen molar-refractivity contribution in [2.75, 3.05) is 25.4 Å². The molecule has 196 valence electrons. The van der Waals surface area contributed by atoms with Gasteiger partial charge in [0.15, 0.2) is 23.2 Å². The zero-order chi connectivity index (χ0) is 25.7. The van der Waals surface area contributed by atoms with Crippen molar-refractivity contribution < 1.29 is 23.9 Å². The standard InChI is InChI=1S/C24H34N6O6/c1-3-9-16(2)34-23-26-21(25)20-22(27-23)29-17(10-5-8-15-28-13-6-4-7-14-28)35-18(31)11-12-19(32)36-30(20)24(29)33/h11-12,16-17H,3-10,13-15H2,1-2H3,(H2,25,26,27)/b12-11-/t16-,17?/m0/s1. The number of nitrogens with two attached hydrogens (primary N) is 1. The van der Waals surface area contributed by atoms with Crippen LogP contribution in [0.15, 0.2) is 16.9 Å². The molecule has 0 amide bonds. The third-order valence-corrected chi connectivity index (χ3v) is 6.39. The maximum Gasteiger partial charge on any atom is 0.367 e. The molecular weight excluding hydrogens is 468 g/mol. The summed E-state index contributed by atoms with van der Waals surface area (Å²) < 4.78 is 13.4. The Morgan fingerprint density at radius 3 is 2.61 bits per heavy atom. The number of likely N-dealkylation sites (tertiary alicyclic amines) is 1. The first kappa shape index (κ1) is 25.7. The van der Waals surface area contributed by atoms with E-state index in [2.05, 4.69) is 14.9 Å². The average molecular weight is 503 g/mol. The van der Waals surface area contributed by atoms with Crippen LogP contribution in [0, 0.1) is 0 Å². The molecule has 4 heterocycles. The number of aromatic nitrogens is 4. The molecule has 0 aliphatic carbocycles. The maximum absolute atomic E-state index is 13.4. The monoisotopic (exact) mass is 502 g/mol. The van der Waals surface area contributed by atoms with Gasteiger partial charge in [-0.25, -0.2) is 19.0 Å². The summed E-state index contributed by atoms with van der Waals surface area (Å²) in [5.74, 6) is -1.80. The zero-order valence-electron chi connectivity index (χ0n) is 20.9. The van der Waals surface area contributed by atoms with Gasteiger partial charge in [-0.15, -0.1) is 4.73 Å². The number of esters is 1. The number of anilines is 1. The van der Waals surface area contributed by atoms with Crippen molar-refractivity contribution in [1.82, 2.24) is 24.2 Å². The molecule has 0 saturated carbocycles. The van der Waals surface area contributed by atoms with Crippen LogP contribution in [0.5, 0.6) is 6.01 Å². The van der Waals surface area contributed by atoms with Gasteiger partial charge >= 0.3 is 23.6 Å². The molecule has 2 aromatic rings. The molecule has 2 N–H and O–H groups in total. The summed E-state index contributed by atoms with van der Waals surface area (Å²) in [7, 11) is 0. The Kier molecular flexibility index (Phi) is 8.24. The SMILES string of the molecule is CCC[C@H](C)Oc1nc(N)c2c(n1)n1c(=O)n2OC(=O)/C=C\C(=O)OC1CCCCN1CCCCC1. The maximum atomic E-state index is 13.4. The van der Waals surface area contributed by atoms with E-state index in [0.29, 0.717) is 12.8 Å². The number of nitrogens with zero attached hydrogens (tertiary/aromatic N) is 5. The highest BCUT2D eigenvalue weighted by Crippen LogP contribution is 2.26. The Bertz CT molecular complexity index is 1180. The molecule has 2 atom stereocenters. The van der Waals surface area contributed by atoms with E-state index in [1.54, 1.807) is 0 Å². The predicted octanol–water partition coefficient (Wildman–Crippen LogP) is 1.97. The predicted molar refractivity (Wildman–Crippen MR) is 131 cm³/mol. The lowest BCUT2D eigenvalue weighted by Crippen LogP contribution is -2.35. The molecule has 0 spiro atoms. The summed E-state index contributed by atoms with van der Waals surface area (Å²) in [5, 5.41) is 0. The lowest BCUT2D eigenvalue weighted by atomic mass is 10.1. The Morgan fingerprint density at radius 2 is 1.86 bits per heavy atom. The van der Waals surface area contributed by atoms with Crippen molar-refractivity contribution in [3.8, 4) is 6.01 Å². The number of carbonyl (C=O) groups excluding carboxylic acids is 2. The molecule has 2 bridgehead atoms. The van der Waals surface area contributed by atoms with E-state index in [9.17, 15) is 14.4 Å². The van der Waals surface area contributed by atoms with Gasteiger partial charge in [-0.3, -0.25) is 0 Å². The highest BCUT2D eigenvalue weighted by molar-refractivity contribution is 5.92. The fourth-order valence-electron chi connectivity index (χ4n) is 4.64. The second-order valence-corrected chi connectivity index (χ2v) is 9.26. The second kappa shape index (κ2) is 11.5. The first-order chi connectivity index (χ1) is 17.4. The number of nitrogen functional groups attached to an aromatic ring is 1. The molecule has 0 radical (unpaired) electrons.